The fraction of sp³-hybridized carbons (Fsp3) is 0.421. The molecule has 0 radical (unpaired) electrons. The Morgan fingerprint density at radius 3 is 2.41 bits per heavy atom. The van der Waals surface area contributed by atoms with E-state index in [9.17, 15) is 29.9 Å². The first kappa shape index (κ1) is 21.9. The zero-order valence-corrected chi connectivity index (χ0v) is 16.3. The van der Waals surface area contributed by atoms with E-state index in [1.807, 2.05) is 13.8 Å². The second-order valence-corrected chi connectivity index (χ2v) is 7.15. The van der Waals surface area contributed by atoms with E-state index in [2.05, 4.69) is 4.98 Å². The lowest BCUT2D eigenvalue weighted by molar-refractivity contribution is -0.384. The molecule has 0 aliphatic heterocycles. The Hall–Kier alpha value is -3.43. The zero-order chi connectivity index (χ0) is 21.6. The Labute approximate surface area is 167 Å². The lowest BCUT2D eigenvalue weighted by Gasteiger charge is -2.27. The van der Waals surface area contributed by atoms with E-state index in [1.54, 1.807) is 29.2 Å². The number of benzene rings is 1. The van der Waals surface area contributed by atoms with Crippen molar-refractivity contribution < 1.29 is 24.7 Å². The topological polar surface area (TPSA) is 139 Å². The number of hydrogen-bond acceptors (Lipinski definition) is 5. The number of carbonyl (C=O) groups is 2. The van der Waals surface area contributed by atoms with Crippen LogP contribution < -0.4 is 0 Å². The summed E-state index contributed by atoms with van der Waals surface area (Å²) in [6.07, 6.45) is 2.43. The van der Waals surface area contributed by atoms with Crippen molar-refractivity contribution in [2.45, 2.75) is 39.3 Å². The maximum atomic E-state index is 11.6. The molecule has 0 saturated carbocycles. The molecule has 0 saturated heterocycles. The van der Waals surface area contributed by atoms with Crippen LogP contribution in [-0.2, 0) is 17.8 Å². The summed E-state index contributed by atoms with van der Waals surface area (Å²) >= 11 is 0. The van der Waals surface area contributed by atoms with E-state index in [4.69, 9.17) is 0 Å². The van der Waals surface area contributed by atoms with Crippen LogP contribution in [0, 0.1) is 16.0 Å². The maximum Gasteiger partial charge on any atom is 0.408 e. The molecule has 2 aromatic rings. The summed E-state index contributed by atoms with van der Waals surface area (Å²) in [6, 6.07) is 5.02. The van der Waals surface area contributed by atoms with Crippen molar-refractivity contribution in [2.75, 3.05) is 6.54 Å². The molecule has 1 amide bonds. The zero-order valence-electron chi connectivity index (χ0n) is 16.3. The molecule has 0 aliphatic rings. The molecule has 1 aromatic heterocycles. The van der Waals surface area contributed by atoms with Gasteiger partial charge in [0.05, 0.1) is 11.3 Å². The lowest BCUT2D eigenvalue weighted by Crippen LogP contribution is -2.46. The van der Waals surface area contributed by atoms with Crippen molar-refractivity contribution >= 4 is 17.7 Å². The van der Waals surface area contributed by atoms with E-state index in [-0.39, 0.29) is 24.6 Å². The summed E-state index contributed by atoms with van der Waals surface area (Å²) in [7, 11) is 0. The van der Waals surface area contributed by atoms with E-state index < -0.39 is 23.0 Å². The summed E-state index contributed by atoms with van der Waals surface area (Å²) < 4.78 is 1.80. The fourth-order valence-electron chi connectivity index (χ4n) is 3.05. The van der Waals surface area contributed by atoms with Gasteiger partial charge in [0.2, 0.25) is 0 Å². The molecule has 0 aliphatic carbocycles. The molecule has 29 heavy (non-hydrogen) atoms. The van der Waals surface area contributed by atoms with E-state index >= 15 is 0 Å². The van der Waals surface area contributed by atoms with Crippen LogP contribution in [0.15, 0.2) is 36.8 Å². The number of aliphatic carboxylic acids is 1. The molecule has 1 heterocycles. The first-order valence-corrected chi connectivity index (χ1v) is 9.13. The van der Waals surface area contributed by atoms with E-state index in [1.165, 1.54) is 12.1 Å². The van der Waals surface area contributed by atoms with Crippen molar-refractivity contribution in [1.29, 1.82) is 0 Å². The highest BCUT2D eigenvalue weighted by molar-refractivity contribution is 5.79. The van der Waals surface area contributed by atoms with Gasteiger partial charge in [-0.05, 0) is 17.9 Å². The van der Waals surface area contributed by atoms with Crippen LogP contribution in [0.25, 0.3) is 0 Å². The van der Waals surface area contributed by atoms with E-state index in [0.717, 1.165) is 16.2 Å². The van der Waals surface area contributed by atoms with Gasteiger partial charge >= 0.3 is 12.1 Å². The maximum absolute atomic E-state index is 11.6. The van der Waals surface area contributed by atoms with Gasteiger partial charge in [-0.2, -0.15) is 0 Å². The third kappa shape index (κ3) is 6.03. The summed E-state index contributed by atoms with van der Waals surface area (Å²) in [5.74, 6) is -1.13. The van der Waals surface area contributed by atoms with Crippen molar-refractivity contribution in [3.8, 4) is 0 Å². The van der Waals surface area contributed by atoms with Crippen molar-refractivity contribution in [1.82, 2.24) is 14.5 Å². The van der Waals surface area contributed by atoms with Crippen LogP contribution in [0.3, 0.4) is 0 Å². The minimum absolute atomic E-state index is 0.00145. The highest BCUT2D eigenvalue weighted by Gasteiger charge is 2.30. The van der Waals surface area contributed by atoms with Crippen LogP contribution in [0.4, 0.5) is 10.5 Å². The number of aromatic nitrogens is 2. The van der Waals surface area contributed by atoms with Gasteiger partial charge in [0.25, 0.3) is 5.69 Å². The van der Waals surface area contributed by atoms with Crippen LogP contribution >= 0.6 is 0 Å². The van der Waals surface area contributed by atoms with Gasteiger partial charge in [-0.15, -0.1) is 0 Å². The average Bonchev–Trinajstić information content (AvgIpc) is 3.07. The molecule has 1 atom stereocenters. The standard InChI is InChI=1S/C19H24N4O6/c1-13(2)9-17(18(24)25)22(19(26)27)8-7-16-10-20-12-21(16)11-14-3-5-15(6-4-14)23(28)29/h3-6,10,12-13,17H,7-9,11H2,1-2H3,(H,24,25)(H,26,27). The molecule has 2 N–H and O–H groups in total. The number of rotatable bonds is 10. The van der Waals surface area contributed by atoms with Crippen molar-refractivity contribution in [3.05, 3.63) is 58.2 Å². The Kier molecular flexibility index (Phi) is 7.29. The van der Waals surface area contributed by atoms with Gasteiger partial charge in [0.15, 0.2) is 0 Å². The number of amides is 1. The average molecular weight is 404 g/mol. The van der Waals surface area contributed by atoms with Gasteiger partial charge in [0.1, 0.15) is 6.04 Å². The molecular formula is C19H24N4O6. The number of imidazole rings is 1. The minimum atomic E-state index is -1.28. The van der Waals surface area contributed by atoms with Crippen LogP contribution in [0.2, 0.25) is 0 Å². The quantitative estimate of drug-likeness (QED) is 0.458. The smallest absolute Gasteiger partial charge is 0.408 e. The van der Waals surface area contributed by atoms with Gasteiger partial charge in [-0.25, -0.2) is 14.6 Å². The Balaban J connectivity index is 2.10. The number of hydrogen-bond donors (Lipinski definition) is 2. The number of nitro groups is 1. The van der Waals surface area contributed by atoms with Crippen molar-refractivity contribution in [3.63, 3.8) is 0 Å². The SMILES string of the molecule is CC(C)CC(C(=O)O)N(CCc1cncn1Cc1ccc([N+](=O)[O-])cc1)C(=O)O. The van der Waals surface area contributed by atoms with Crippen LogP contribution in [-0.4, -0.2) is 54.2 Å². The third-order valence-corrected chi connectivity index (χ3v) is 4.51. The molecule has 0 spiro atoms. The molecule has 10 heteroatoms. The largest absolute Gasteiger partial charge is 0.480 e. The number of carboxylic acid groups (broad SMARTS) is 2. The Morgan fingerprint density at radius 2 is 1.90 bits per heavy atom. The number of nitrogens with zero attached hydrogens (tertiary/aromatic N) is 4. The minimum Gasteiger partial charge on any atom is -0.480 e. The van der Waals surface area contributed by atoms with Gasteiger partial charge in [0, 0.05) is 43.5 Å². The molecule has 2 rings (SSSR count). The van der Waals surface area contributed by atoms with E-state index in [0.29, 0.717) is 13.0 Å². The van der Waals surface area contributed by atoms with Gasteiger partial charge in [-0.3, -0.25) is 15.0 Å². The number of non-ortho nitro benzene ring substituents is 1. The highest BCUT2D eigenvalue weighted by atomic mass is 16.6. The predicted molar refractivity (Wildman–Crippen MR) is 104 cm³/mol. The molecule has 1 unspecified atom stereocenters. The van der Waals surface area contributed by atoms with Gasteiger partial charge in [-0.1, -0.05) is 26.0 Å². The second-order valence-electron chi connectivity index (χ2n) is 7.15. The fourth-order valence-corrected chi connectivity index (χ4v) is 3.05. The summed E-state index contributed by atoms with van der Waals surface area (Å²) in [5.41, 5.74) is 1.57. The Bertz CT molecular complexity index is 862. The summed E-state index contributed by atoms with van der Waals surface area (Å²) in [5, 5.41) is 29.7. The first-order valence-electron chi connectivity index (χ1n) is 9.13. The summed E-state index contributed by atoms with van der Waals surface area (Å²) in [4.78, 5) is 38.5. The third-order valence-electron chi connectivity index (χ3n) is 4.51. The molecule has 1 aromatic carbocycles. The van der Waals surface area contributed by atoms with Crippen molar-refractivity contribution in [2.24, 2.45) is 5.92 Å². The highest BCUT2D eigenvalue weighted by Crippen LogP contribution is 2.16. The predicted octanol–water partition coefficient (Wildman–Crippen LogP) is 2.86. The molecule has 0 bridgehead atoms. The molecular weight excluding hydrogens is 380 g/mol. The molecule has 10 nitrogen and oxygen atoms in total. The normalized spacial score (nSPS) is 12.0. The van der Waals surface area contributed by atoms with Gasteiger partial charge < -0.3 is 14.8 Å². The molecule has 0 fully saturated rings. The molecule has 156 valence electrons. The Morgan fingerprint density at radius 1 is 1.24 bits per heavy atom. The van der Waals surface area contributed by atoms with Crippen LogP contribution in [0.1, 0.15) is 31.5 Å². The monoisotopic (exact) mass is 404 g/mol. The summed E-state index contributed by atoms with van der Waals surface area (Å²) in [6.45, 7) is 4.12. The number of nitro benzene ring substituents is 1. The second kappa shape index (κ2) is 9.67. The number of carboxylic acids is 1. The first-order chi connectivity index (χ1) is 13.7. The van der Waals surface area contributed by atoms with Crippen LogP contribution in [0.5, 0.6) is 0 Å². The lowest BCUT2D eigenvalue weighted by atomic mass is 10.0.